The summed E-state index contributed by atoms with van der Waals surface area (Å²) in [5.41, 5.74) is 5.05. The monoisotopic (exact) mass is 352 g/mol. The van der Waals surface area contributed by atoms with Gasteiger partial charge in [0.1, 0.15) is 12.4 Å². The molecule has 0 fully saturated rings. The lowest BCUT2D eigenvalue weighted by molar-refractivity contribution is 0.278. The predicted molar refractivity (Wildman–Crippen MR) is 86.5 cm³/mol. The molecule has 5 heteroatoms. The summed E-state index contributed by atoms with van der Waals surface area (Å²) in [7, 11) is 1.93. The number of hydrogen-bond acceptors (Lipinski definition) is 3. The van der Waals surface area contributed by atoms with Gasteiger partial charge in [0.15, 0.2) is 0 Å². The molecule has 114 valence electrons. The van der Waals surface area contributed by atoms with Crippen molar-refractivity contribution in [1.82, 2.24) is 9.78 Å². The minimum Gasteiger partial charge on any atom is -0.487 e. The first-order valence-electron chi connectivity index (χ1n) is 7.01. The number of aliphatic hydroxyl groups excluding tert-OH is 1. The second-order valence-corrected chi connectivity index (χ2v) is 5.98. The molecule has 0 radical (unpaired) electrons. The molecule has 0 saturated carbocycles. The SMILES string of the molecule is CCc1nn(C)c(COc2c(C)cc(CO)cc2C)c1Br. The molecule has 4 nitrogen and oxygen atoms in total. The summed E-state index contributed by atoms with van der Waals surface area (Å²) in [6.45, 7) is 6.59. The summed E-state index contributed by atoms with van der Waals surface area (Å²) in [6.07, 6.45) is 0.887. The minimum absolute atomic E-state index is 0.0507. The molecule has 1 heterocycles. The third-order valence-corrected chi connectivity index (χ3v) is 4.47. The van der Waals surface area contributed by atoms with Gasteiger partial charge < -0.3 is 9.84 Å². The van der Waals surface area contributed by atoms with Crippen molar-refractivity contribution in [2.75, 3.05) is 0 Å². The lowest BCUT2D eigenvalue weighted by Gasteiger charge is -2.14. The highest BCUT2D eigenvalue weighted by Crippen LogP contribution is 2.28. The Morgan fingerprint density at radius 2 is 1.90 bits per heavy atom. The summed E-state index contributed by atoms with van der Waals surface area (Å²) in [5.74, 6) is 0.873. The van der Waals surface area contributed by atoms with Crippen LogP contribution in [0.3, 0.4) is 0 Å². The molecule has 0 bridgehead atoms. The van der Waals surface area contributed by atoms with Crippen molar-refractivity contribution in [1.29, 1.82) is 0 Å². The van der Waals surface area contributed by atoms with Crippen LogP contribution in [0.1, 0.15) is 35.0 Å². The highest BCUT2D eigenvalue weighted by Gasteiger charge is 2.14. The molecule has 1 aromatic heterocycles. The standard InChI is InChI=1S/C16H21BrN2O2/c1-5-13-15(17)14(19(4)18-13)9-21-16-10(2)6-12(8-20)7-11(16)3/h6-7,20H,5,8-9H2,1-4H3. The topological polar surface area (TPSA) is 47.3 Å². The highest BCUT2D eigenvalue weighted by atomic mass is 79.9. The zero-order valence-electron chi connectivity index (χ0n) is 12.9. The van der Waals surface area contributed by atoms with Crippen molar-refractivity contribution in [3.05, 3.63) is 44.7 Å². The largest absolute Gasteiger partial charge is 0.487 e. The summed E-state index contributed by atoms with van der Waals surface area (Å²) in [4.78, 5) is 0. The lowest BCUT2D eigenvalue weighted by Crippen LogP contribution is -2.05. The van der Waals surface area contributed by atoms with Crippen LogP contribution < -0.4 is 4.74 Å². The van der Waals surface area contributed by atoms with E-state index >= 15 is 0 Å². The van der Waals surface area contributed by atoms with Gasteiger partial charge in [0.2, 0.25) is 0 Å². The lowest BCUT2D eigenvalue weighted by atomic mass is 10.1. The Morgan fingerprint density at radius 3 is 2.38 bits per heavy atom. The van der Waals surface area contributed by atoms with Crippen LogP contribution in [0.2, 0.25) is 0 Å². The molecule has 2 aromatic rings. The van der Waals surface area contributed by atoms with Crippen molar-refractivity contribution in [2.45, 2.75) is 40.4 Å². The fraction of sp³-hybridized carbons (Fsp3) is 0.438. The first-order valence-corrected chi connectivity index (χ1v) is 7.81. The predicted octanol–water partition coefficient (Wildman–Crippen LogP) is 3.43. The van der Waals surface area contributed by atoms with E-state index in [2.05, 4.69) is 28.0 Å². The van der Waals surface area contributed by atoms with E-state index in [-0.39, 0.29) is 6.61 Å². The Balaban J connectivity index is 2.23. The van der Waals surface area contributed by atoms with E-state index in [1.165, 1.54) is 0 Å². The molecule has 21 heavy (non-hydrogen) atoms. The Kier molecular flexibility index (Phi) is 5.06. The van der Waals surface area contributed by atoms with Crippen LogP contribution in [0, 0.1) is 13.8 Å². The number of rotatable bonds is 5. The normalized spacial score (nSPS) is 11.0. The van der Waals surface area contributed by atoms with Gasteiger partial charge in [-0.15, -0.1) is 0 Å². The number of nitrogens with zero attached hydrogens (tertiary/aromatic N) is 2. The van der Waals surface area contributed by atoms with E-state index in [0.29, 0.717) is 6.61 Å². The Bertz CT molecular complexity index is 627. The summed E-state index contributed by atoms with van der Waals surface area (Å²) < 4.78 is 8.88. The zero-order chi connectivity index (χ0) is 15.6. The van der Waals surface area contributed by atoms with Crippen LogP contribution in [0.25, 0.3) is 0 Å². The molecule has 2 rings (SSSR count). The van der Waals surface area contributed by atoms with Crippen LogP contribution in [-0.2, 0) is 26.7 Å². The maximum absolute atomic E-state index is 9.23. The molecule has 0 saturated heterocycles. The molecule has 0 aliphatic carbocycles. The molecule has 1 aromatic carbocycles. The smallest absolute Gasteiger partial charge is 0.131 e. The van der Waals surface area contributed by atoms with Crippen LogP contribution in [0.15, 0.2) is 16.6 Å². The molecule has 0 unspecified atom stereocenters. The van der Waals surface area contributed by atoms with E-state index in [4.69, 9.17) is 4.74 Å². The third-order valence-electron chi connectivity index (χ3n) is 3.56. The van der Waals surface area contributed by atoms with E-state index in [1.54, 1.807) is 0 Å². The van der Waals surface area contributed by atoms with Crippen LogP contribution in [-0.4, -0.2) is 14.9 Å². The molecule has 0 aliphatic rings. The minimum atomic E-state index is 0.0507. The van der Waals surface area contributed by atoms with Gasteiger partial charge in [0, 0.05) is 7.05 Å². The second-order valence-electron chi connectivity index (χ2n) is 5.19. The highest BCUT2D eigenvalue weighted by molar-refractivity contribution is 9.10. The average molecular weight is 353 g/mol. The van der Waals surface area contributed by atoms with E-state index < -0.39 is 0 Å². The fourth-order valence-electron chi connectivity index (χ4n) is 2.48. The zero-order valence-corrected chi connectivity index (χ0v) is 14.5. The Labute approximate surface area is 133 Å². The number of aromatic nitrogens is 2. The van der Waals surface area contributed by atoms with E-state index in [0.717, 1.165) is 44.7 Å². The van der Waals surface area contributed by atoms with Gasteiger partial charge in [0.25, 0.3) is 0 Å². The fourth-order valence-corrected chi connectivity index (χ4v) is 3.21. The van der Waals surface area contributed by atoms with Gasteiger partial charge in [-0.25, -0.2) is 0 Å². The molecular weight excluding hydrogens is 332 g/mol. The molecule has 0 spiro atoms. The molecule has 1 N–H and O–H groups in total. The van der Waals surface area contributed by atoms with Gasteiger partial charge in [0.05, 0.1) is 22.5 Å². The molecule has 0 atom stereocenters. The van der Waals surface area contributed by atoms with Gasteiger partial charge in [-0.1, -0.05) is 19.1 Å². The number of benzene rings is 1. The van der Waals surface area contributed by atoms with Crippen molar-refractivity contribution in [3.8, 4) is 5.75 Å². The summed E-state index contributed by atoms with van der Waals surface area (Å²) in [6, 6.07) is 3.91. The Hall–Kier alpha value is -1.33. The molecule has 0 amide bonds. The van der Waals surface area contributed by atoms with Crippen molar-refractivity contribution < 1.29 is 9.84 Å². The maximum Gasteiger partial charge on any atom is 0.131 e. The molecular formula is C16H21BrN2O2. The quantitative estimate of drug-likeness (QED) is 0.896. The van der Waals surface area contributed by atoms with E-state index in [9.17, 15) is 5.11 Å². The van der Waals surface area contributed by atoms with Crippen molar-refractivity contribution in [2.24, 2.45) is 7.05 Å². The summed E-state index contributed by atoms with van der Waals surface area (Å²) >= 11 is 3.60. The van der Waals surface area contributed by atoms with Gasteiger partial charge in [-0.05, 0) is 52.9 Å². The first-order chi connectivity index (χ1) is 9.97. The molecule has 0 aliphatic heterocycles. The van der Waals surface area contributed by atoms with Crippen LogP contribution >= 0.6 is 15.9 Å². The van der Waals surface area contributed by atoms with Crippen LogP contribution in [0.5, 0.6) is 5.75 Å². The number of aryl methyl sites for hydroxylation is 4. The third kappa shape index (κ3) is 3.30. The van der Waals surface area contributed by atoms with Crippen LogP contribution in [0.4, 0.5) is 0 Å². The first kappa shape index (κ1) is 16.0. The number of ether oxygens (including phenoxy) is 1. The number of hydrogen-bond donors (Lipinski definition) is 1. The summed E-state index contributed by atoms with van der Waals surface area (Å²) in [5, 5.41) is 13.7. The van der Waals surface area contributed by atoms with Gasteiger partial charge in [-0.3, -0.25) is 4.68 Å². The van der Waals surface area contributed by atoms with Gasteiger partial charge >= 0.3 is 0 Å². The maximum atomic E-state index is 9.23. The number of aliphatic hydroxyl groups is 1. The van der Waals surface area contributed by atoms with Crippen molar-refractivity contribution >= 4 is 15.9 Å². The second kappa shape index (κ2) is 6.62. The Morgan fingerprint density at radius 1 is 1.29 bits per heavy atom. The average Bonchev–Trinajstić information content (AvgIpc) is 2.72. The number of halogens is 1. The van der Waals surface area contributed by atoms with Crippen molar-refractivity contribution in [3.63, 3.8) is 0 Å². The van der Waals surface area contributed by atoms with E-state index in [1.807, 2.05) is 37.7 Å². The van der Waals surface area contributed by atoms with Gasteiger partial charge in [-0.2, -0.15) is 5.10 Å².